The molecule has 0 saturated heterocycles. The van der Waals surface area contributed by atoms with Crippen molar-refractivity contribution in [1.82, 2.24) is 4.98 Å². The average molecular weight is 299 g/mol. The van der Waals surface area contributed by atoms with Crippen LogP contribution in [0.4, 0.5) is 0 Å². The molecule has 1 fully saturated rings. The molecule has 0 amide bonds. The monoisotopic (exact) mass is 299 g/mol. The smallest absolute Gasteiger partial charge is 0.316 e. The maximum absolute atomic E-state index is 11.4. The van der Waals surface area contributed by atoms with Crippen LogP contribution in [0.3, 0.4) is 0 Å². The Kier molecular flexibility index (Phi) is 5.70. The fraction of sp³-hybridized carbons (Fsp3) is 0.714. The molecule has 2 rings (SSSR count). The third-order valence-electron chi connectivity index (χ3n) is 3.11. The molecule has 1 aliphatic rings. The quantitative estimate of drug-likeness (QED) is 0.745. The van der Waals surface area contributed by atoms with E-state index in [2.05, 4.69) is 5.38 Å². The molecule has 0 unspecified atom stereocenters. The minimum atomic E-state index is -0.133. The normalized spacial score (nSPS) is 16.2. The predicted molar refractivity (Wildman–Crippen MR) is 80.7 cm³/mol. The van der Waals surface area contributed by atoms with Crippen LogP contribution in [0.2, 0.25) is 0 Å². The number of thioether (sulfide) groups is 1. The first kappa shape index (κ1) is 14.9. The van der Waals surface area contributed by atoms with E-state index < -0.39 is 0 Å². The van der Waals surface area contributed by atoms with E-state index in [0.29, 0.717) is 11.7 Å². The van der Waals surface area contributed by atoms with Crippen molar-refractivity contribution in [3.8, 4) is 0 Å². The Morgan fingerprint density at radius 2 is 2.26 bits per heavy atom. The molecule has 0 radical (unpaired) electrons. The van der Waals surface area contributed by atoms with Crippen molar-refractivity contribution in [2.75, 3.05) is 5.75 Å². The van der Waals surface area contributed by atoms with Crippen molar-refractivity contribution in [3.63, 3.8) is 0 Å². The highest BCUT2D eigenvalue weighted by atomic mass is 32.2. The van der Waals surface area contributed by atoms with Crippen LogP contribution in [0.5, 0.6) is 0 Å². The van der Waals surface area contributed by atoms with Gasteiger partial charge in [0.2, 0.25) is 0 Å². The highest BCUT2D eigenvalue weighted by molar-refractivity contribution is 7.99. The zero-order valence-corrected chi connectivity index (χ0v) is 13.2. The zero-order chi connectivity index (χ0) is 13.7. The van der Waals surface area contributed by atoms with Gasteiger partial charge in [-0.2, -0.15) is 0 Å². The van der Waals surface area contributed by atoms with Crippen molar-refractivity contribution in [2.24, 2.45) is 0 Å². The van der Waals surface area contributed by atoms with Crippen LogP contribution in [-0.4, -0.2) is 22.8 Å². The van der Waals surface area contributed by atoms with Gasteiger partial charge < -0.3 is 4.74 Å². The fourth-order valence-corrected chi connectivity index (χ4v) is 4.08. The Morgan fingerprint density at radius 3 is 2.95 bits per heavy atom. The van der Waals surface area contributed by atoms with Crippen LogP contribution in [0, 0.1) is 0 Å². The van der Waals surface area contributed by atoms with Gasteiger partial charge in [0.1, 0.15) is 0 Å². The first-order valence-electron chi connectivity index (χ1n) is 6.86. The molecule has 0 aromatic carbocycles. The maximum atomic E-state index is 11.4. The van der Waals surface area contributed by atoms with Gasteiger partial charge in [0.25, 0.3) is 0 Å². The summed E-state index contributed by atoms with van der Waals surface area (Å²) in [4.78, 5) is 16.1. The lowest BCUT2D eigenvalue weighted by atomic mass is 10.1. The Hall–Kier alpha value is -0.550. The Balaban J connectivity index is 1.72. The summed E-state index contributed by atoms with van der Waals surface area (Å²) in [7, 11) is 0. The molecule has 1 saturated carbocycles. The topological polar surface area (TPSA) is 39.2 Å². The summed E-state index contributed by atoms with van der Waals surface area (Å²) in [6.07, 6.45) is 5.24. The zero-order valence-electron chi connectivity index (χ0n) is 11.6. The maximum Gasteiger partial charge on any atom is 0.316 e. The molecule has 0 aliphatic heterocycles. The summed E-state index contributed by atoms with van der Waals surface area (Å²) < 4.78 is 5.10. The van der Waals surface area contributed by atoms with Crippen LogP contribution in [0.15, 0.2) is 5.38 Å². The van der Waals surface area contributed by atoms with E-state index in [4.69, 9.17) is 9.72 Å². The second-order valence-electron chi connectivity index (χ2n) is 5.19. The molecule has 0 atom stereocenters. The van der Waals surface area contributed by atoms with E-state index in [0.717, 1.165) is 11.4 Å². The molecule has 3 nitrogen and oxygen atoms in total. The molecule has 1 aliphatic carbocycles. The van der Waals surface area contributed by atoms with Crippen molar-refractivity contribution in [1.29, 1.82) is 0 Å². The lowest BCUT2D eigenvalue weighted by Gasteiger charge is -2.06. The minimum Gasteiger partial charge on any atom is -0.462 e. The first-order chi connectivity index (χ1) is 9.15. The lowest BCUT2D eigenvalue weighted by molar-refractivity contribution is -0.144. The van der Waals surface area contributed by atoms with Gasteiger partial charge in [0.15, 0.2) is 0 Å². The van der Waals surface area contributed by atoms with Crippen molar-refractivity contribution in [2.45, 2.75) is 57.3 Å². The largest absolute Gasteiger partial charge is 0.462 e. The predicted octanol–water partition coefficient (Wildman–Crippen LogP) is 3.99. The summed E-state index contributed by atoms with van der Waals surface area (Å²) >= 11 is 3.36. The number of hydrogen-bond acceptors (Lipinski definition) is 5. The lowest BCUT2D eigenvalue weighted by Crippen LogP contribution is -2.13. The van der Waals surface area contributed by atoms with E-state index in [1.54, 1.807) is 23.1 Å². The highest BCUT2D eigenvalue weighted by Crippen LogP contribution is 2.35. The Bertz CT molecular complexity index is 411. The average Bonchev–Trinajstić information content (AvgIpc) is 2.97. The van der Waals surface area contributed by atoms with E-state index in [9.17, 15) is 4.79 Å². The van der Waals surface area contributed by atoms with Crippen LogP contribution in [-0.2, 0) is 15.3 Å². The Morgan fingerprint density at radius 1 is 1.53 bits per heavy atom. The number of esters is 1. The van der Waals surface area contributed by atoms with Crippen LogP contribution >= 0.6 is 23.1 Å². The SMILES string of the molecule is CC(C)OC(=O)CSCc1csc(C2CCCC2)n1. The molecule has 1 heterocycles. The van der Waals surface area contributed by atoms with Crippen molar-refractivity contribution >= 4 is 29.1 Å². The van der Waals surface area contributed by atoms with Gasteiger partial charge in [-0.3, -0.25) is 4.79 Å². The number of carbonyl (C=O) groups is 1. The summed E-state index contributed by atoms with van der Waals surface area (Å²) in [6.45, 7) is 3.74. The van der Waals surface area contributed by atoms with Crippen molar-refractivity contribution < 1.29 is 9.53 Å². The molecule has 106 valence electrons. The second-order valence-corrected chi connectivity index (χ2v) is 7.07. The minimum absolute atomic E-state index is 0.0265. The third kappa shape index (κ3) is 4.80. The van der Waals surface area contributed by atoms with Gasteiger partial charge in [0, 0.05) is 17.1 Å². The van der Waals surface area contributed by atoms with E-state index in [-0.39, 0.29) is 12.1 Å². The number of rotatable bonds is 6. The molecule has 1 aromatic rings. The Labute approximate surface area is 123 Å². The summed E-state index contributed by atoms with van der Waals surface area (Å²) in [6, 6.07) is 0. The molecule has 0 N–H and O–H groups in total. The van der Waals surface area contributed by atoms with Gasteiger partial charge in [-0.15, -0.1) is 23.1 Å². The fourth-order valence-electron chi connectivity index (χ4n) is 2.29. The molecule has 19 heavy (non-hydrogen) atoms. The molecule has 0 bridgehead atoms. The van der Waals surface area contributed by atoms with Gasteiger partial charge in [0.05, 0.1) is 22.6 Å². The van der Waals surface area contributed by atoms with E-state index in [1.807, 2.05) is 13.8 Å². The third-order valence-corrected chi connectivity index (χ3v) is 5.11. The van der Waals surface area contributed by atoms with Gasteiger partial charge in [-0.05, 0) is 26.7 Å². The van der Waals surface area contributed by atoms with Crippen LogP contribution in [0.25, 0.3) is 0 Å². The molecule has 0 spiro atoms. The molecule has 5 heteroatoms. The highest BCUT2D eigenvalue weighted by Gasteiger charge is 2.20. The molecular weight excluding hydrogens is 278 g/mol. The number of aromatic nitrogens is 1. The van der Waals surface area contributed by atoms with Gasteiger partial charge in [-0.25, -0.2) is 4.98 Å². The van der Waals surface area contributed by atoms with Crippen LogP contribution in [0.1, 0.15) is 56.2 Å². The van der Waals surface area contributed by atoms with Gasteiger partial charge in [-0.1, -0.05) is 12.8 Å². The van der Waals surface area contributed by atoms with Crippen molar-refractivity contribution in [3.05, 3.63) is 16.1 Å². The second kappa shape index (κ2) is 7.29. The van der Waals surface area contributed by atoms with Gasteiger partial charge >= 0.3 is 5.97 Å². The summed E-state index contributed by atoms with van der Waals surface area (Å²) in [5, 5.41) is 3.42. The van der Waals surface area contributed by atoms with Crippen LogP contribution < -0.4 is 0 Å². The molecule has 1 aromatic heterocycles. The summed E-state index contributed by atoms with van der Waals surface area (Å²) in [5.41, 5.74) is 1.11. The number of nitrogens with zero attached hydrogens (tertiary/aromatic N) is 1. The summed E-state index contributed by atoms with van der Waals surface area (Å²) in [5.74, 6) is 1.77. The number of carbonyl (C=O) groups excluding carboxylic acids is 1. The first-order valence-corrected chi connectivity index (χ1v) is 8.90. The van der Waals surface area contributed by atoms with E-state index in [1.165, 1.54) is 30.7 Å². The number of thiazole rings is 1. The van der Waals surface area contributed by atoms with E-state index >= 15 is 0 Å². The standard InChI is InChI=1S/C14H21NO2S2/c1-10(2)17-13(16)9-18-7-12-8-19-14(15-12)11-5-3-4-6-11/h8,10-11H,3-7,9H2,1-2H3. The number of hydrogen-bond donors (Lipinski definition) is 0. The molecular formula is C14H21NO2S2. The number of ether oxygens (including phenoxy) is 1.